The van der Waals surface area contributed by atoms with Crippen molar-refractivity contribution in [2.45, 2.75) is 255 Å². The summed E-state index contributed by atoms with van der Waals surface area (Å²) in [5.74, 6) is -16.2. The van der Waals surface area contributed by atoms with Crippen LogP contribution in [0.4, 0.5) is 0 Å². The van der Waals surface area contributed by atoms with E-state index in [1.807, 2.05) is 0 Å². The number of carbonyl (C=O) groups excluding carboxylic acids is 12. The Morgan fingerprint density at radius 1 is 0.345 bits per heavy atom. The van der Waals surface area contributed by atoms with Gasteiger partial charge < -0.3 is 65.4 Å². The number of aliphatic hydroxyl groups excluding tert-OH is 1. The van der Waals surface area contributed by atoms with Gasteiger partial charge in [0.15, 0.2) is 42.7 Å². The van der Waals surface area contributed by atoms with Crippen LogP contribution in [0.3, 0.4) is 0 Å². The summed E-state index contributed by atoms with van der Waals surface area (Å²) in [6, 6.07) is -8.91. The van der Waals surface area contributed by atoms with Crippen LogP contribution >= 0.6 is 0 Å². The van der Waals surface area contributed by atoms with E-state index >= 15 is 0 Å². The standard InChI is InChI=1S/C59H98N6O19/c1-27(2)24-39-51(70)62-42(29(5)6)54(73)79-35(16)48(67)60-45(32(11)12)57(76)83-40(25-28(3)4)52(71)63-43(30(7)8)55(74)81-37(18)50(69)65-47(34(15)66)59(78)84-41(26-38-22-20-19-21-23-38)53(72)64-44(31(9)10)56(75)80-36(17)49(68)61-46(33(13)14)58(77)82-39/h27-47,66H,19-26H2,1-18H3,(H,60,67)(H,61,68)(H,62,70)(H,63,71)(H,64,72)(H,65,69)/t34-,35+,36+,37+,39-,40-,41-,42-,43-,44-,45+,46+,47+/m1/s1. The van der Waals surface area contributed by atoms with Gasteiger partial charge in [-0.05, 0) is 94.3 Å². The van der Waals surface area contributed by atoms with E-state index in [0.29, 0.717) is 12.8 Å². The van der Waals surface area contributed by atoms with Gasteiger partial charge in [0, 0.05) is 0 Å². The first-order chi connectivity index (χ1) is 39.0. The molecule has 2 rings (SSSR count). The lowest BCUT2D eigenvalue weighted by Crippen LogP contribution is -2.56. The first-order valence-electron chi connectivity index (χ1n) is 29.7. The normalized spacial score (nSPS) is 29.2. The Bertz CT molecular complexity index is 2250. The highest BCUT2D eigenvalue weighted by molar-refractivity contribution is 5.95. The minimum Gasteiger partial charge on any atom is -0.451 e. The molecule has 25 heteroatoms. The van der Waals surface area contributed by atoms with Gasteiger partial charge in [0.2, 0.25) is 0 Å². The number of aliphatic hydroxyl groups is 1. The Labute approximate surface area is 495 Å². The average molecular weight is 1200 g/mol. The third-order valence-electron chi connectivity index (χ3n) is 14.4. The van der Waals surface area contributed by atoms with E-state index in [4.69, 9.17) is 28.4 Å². The van der Waals surface area contributed by atoms with Gasteiger partial charge in [-0.3, -0.25) is 28.8 Å². The number of ether oxygens (including phenoxy) is 6. The Balaban J connectivity index is 2.73. The summed E-state index contributed by atoms with van der Waals surface area (Å²) >= 11 is 0. The number of hydrogen-bond donors (Lipinski definition) is 7. The second-order valence-electron chi connectivity index (χ2n) is 24.9. The molecule has 13 atom stereocenters. The van der Waals surface area contributed by atoms with Crippen LogP contribution in [0.25, 0.3) is 0 Å². The lowest BCUT2D eigenvalue weighted by molar-refractivity contribution is -0.166. The third kappa shape index (κ3) is 23.6. The van der Waals surface area contributed by atoms with Gasteiger partial charge in [-0.1, -0.05) is 129 Å². The topological polar surface area (TPSA) is 353 Å². The summed E-state index contributed by atoms with van der Waals surface area (Å²) < 4.78 is 33.9. The van der Waals surface area contributed by atoms with Gasteiger partial charge >= 0.3 is 35.8 Å². The lowest BCUT2D eigenvalue weighted by atomic mass is 9.85. The van der Waals surface area contributed by atoms with Crippen LogP contribution in [-0.2, 0) is 86.0 Å². The molecule has 1 saturated carbocycles. The summed E-state index contributed by atoms with van der Waals surface area (Å²) in [7, 11) is 0. The monoisotopic (exact) mass is 1190 g/mol. The molecule has 0 spiro atoms. The summed E-state index contributed by atoms with van der Waals surface area (Å²) in [5.41, 5.74) is 0. The van der Waals surface area contributed by atoms with Crippen LogP contribution in [-0.4, -0.2) is 155 Å². The first kappa shape index (κ1) is 73.7. The molecule has 0 radical (unpaired) electrons. The van der Waals surface area contributed by atoms with Gasteiger partial charge in [-0.2, -0.15) is 0 Å². The second-order valence-corrected chi connectivity index (χ2v) is 24.9. The van der Waals surface area contributed by atoms with Crippen molar-refractivity contribution >= 4 is 71.3 Å². The summed E-state index contributed by atoms with van der Waals surface area (Å²) in [6.45, 7) is 27.7. The van der Waals surface area contributed by atoms with Crippen molar-refractivity contribution in [1.29, 1.82) is 0 Å². The number of rotatable bonds is 12. The van der Waals surface area contributed by atoms with Crippen LogP contribution in [0.15, 0.2) is 0 Å². The highest BCUT2D eigenvalue weighted by Gasteiger charge is 2.42. The van der Waals surface area contributed by atoms with E-state index in [2.05, 4.69) is 31.9 Å². The maximum Gasteiger partial charge on any atom is 0.332 e. The van der Waals surface area contributed by atoms with E-state index in [0.717, 1.165) is 19.3 Å². The number of amides is 6. The van der Waals surface area contributed by atoms with Crippen molar-refractivity contribution in [1.82, 2.24) is 31.9 Å². The van der Waals surface area contributed by atoms with Crippen molar-refractivity contribution in [2.75, 3.05) is 0 Å². The van der Waals surface area contributed by atoms with E-state index < -0.39 is 180 Å². The van der Waals surface area contributed by atoms with Crippen LogP contribution in [0.5, 0.6) is 0 Å². The Morgan fingerprint density at radius 3 is 0.857 bits per heavy atom. The number of cyclic esters (lactones) is 6. The predicted octanol–water partition coefficient (Wildman–Crippen LogP) is 3.16. The molecule has 0 bridgehead atoms. The SMILES string of the molecule is CC(C)C[C@H]1OC(=O)[C@H](C(C)C)NC(=O)[C@H](C)OC(=O)[C@@H](C(C)C)NC(=O)[C@@H](CC2CCCCC2)OC(=O)[C@H]([C@@H](C)O)NC(=O)[C@H](C)OC(=O)[C@@H](C(C)C)NC(=O)[C@@H](CC(C)C)OC(=O)[C@H](C(C)C)NC(=O)[C@H](C)OC(=O)[C@@H](C(C)C)NC1=O. The van der Waals surface area contributed by atoms with Crippen molar-refractivity contribution in [3.63, 3.8) is 0 Å². The molecule has 0 aromatic rings. The molecule has 2 aliphatic rings. The molecule has 1 aliphatic carbocycles. The number of nitrogens with one attached hydrogen (secondary N) is 6. The molecule has 6 amide bonds. The van der Waals surface area contributed by atoms with Crippen molar-refractivity contribution < 1.29 is 91.1 Å². The maximum absolute atomic E-state index is 14.3. The van der Waals surface area contributed by atoms with Crippen molar-refractivity contribution in [3.8, 4) is 0 Å². The van der Waals surface area contributed by atoms with E-state index in [9.17, 15) is 62.6 Å². The fourth-order valence-electron chi connectivity index (χ4n) is 9.17. The molecule has 1 saturated heterocycles. The van der Waals surface area contributed by atoms with E-state index in [1.54, 1.807) is 96.9 Å². The molecule has 0 aromatic carbocycles. The molecule has 25 nitrogen and oxygen atoms in total. The molecule has 84 heavy (non-hydrogen) atoms. The number of carbonyl (C=O) groups is 12. The fourth-order valence-corrected chi connectivity index (χ4v) is 9.17. The van der Waals surface area contributed by atoms with Gasteiger partial charge in [0.25, 0.3) is 35.4 Å². The lowest BCUT2D eigenvalue weighted by Gasteiger charge is -2.30. The molecule has 2 fully saturated rings. The zero-order valence-electron chi connectivity index (χ0n) is 52.6. The molecule has 0 aromatic heterocycles. The first-order valence-corrected chi connectivity index (χ1v) is 29.7. The van der Waals surface area contributed by atoms with Gasteiger partial charge in [-0.15, -0.1) is 0 Å². The summed E-state index contributed by atoms with van der Waals surface area (Å²) in [4.78, 5) is 167. The van der Waals surface area contributed by atoms with Crippen LogP contribution in [0, 0.1) is 47.3 Å². The summed E-state index contributed by atoms with van der Waals surface area (Å²) in [5, 5.41) is 25.9. The maximum atomic E-state index is 14.3. The highest BCUT2D eigenvalue weighted by Crippen LogP contribution is 2.29. The van der Waals surface area contributed by atoms with Crippen LogP contribution in [0.2, 0.25) is 0 Å². The summed E-state index contributed by atoms with van der Waals surface area (Å²) in [6.07, 6.45) is -7.15. The average Bonchev–Trinajstić information content (AvgIpc) is 3.60. The fraction of sp³-hybridized carbons (Fsp3) is 0.797. The highest BCUT2D eigenvalue weighted by atomic mass is 16.6. The zero-order valence-corrected chi connectivity index (χ0v) is 52.6. The minimum atomic E-state index is -1.82. The van der Waals surface area contributed by atoms with Crippen molar-refractivity contribution in [3.05, 3.63) is 0 Å². The Hall–Kier alpha value is -6.40. The second kappa shape index (κ2) is 34.5. The largest absolute Gasteiger partial charge is 0.451 e. The quantitative estimate of drug-likeness (QED) is 0.109. The molecule has 7 N–H and O–H groups in total. The van der Waals surface area contributed by atoms with Gasteiger partial charge in [-0.25, -0.2) is 28.8 Å². The molecule has 1 heterocycles. The molecule has 478 valence electrons. The number of hydrogen-bond acceptors (Lipinski definition) is 19. The molecule has 0 unspecified atom stereocenters. The molecular formula is C59H98N6O19. The van der Waals surface area contributed by atoms with E-state index in [-0.39, 0.29) is 37.0 Å². The van der Waals surface area contributed by atoms with Gasteiger partial charge in [0.05, 0.1) is 6.10 Å². The van der Waals surface area contributed by atoms with E-state index in [1.165, 1.54) is 27.7 Å². The zero-order chi connectivity index (χ0) is 64.2. The molecular weight excluding hydrogens is 1100 g/mol. The smallest absolute Gasteiger partial charge is 0.332 e. The van der Waals surface area contributed by atoms with Crippen LogP contribution < -0.4 is 31.9 Å². The number of esters is 6. The predicted molar refractivity (Wildman–Crippen MR) is 304 cm³/mol. The minimum absolute atomic E-state index is 0.00432. The van der Waals surface area contributed by atoms with Gasteiger partial charge in [0.1, 0.15) is 30.2 Å². The Kier molecular flexibility index (Phi) is 30.3. The van der Waals surface area contributed by atoms with Crippen molar-refractivity contribution in [2.24, 2.45) is 47.3 Å². The Morgan fingerprint density at radius 2 is 0.583 bits per heavy atom. The van der Waals surface area contributed by atoms with Crippen LogP contribution in [0.1, 0.15) is 176 Å². The molecule has 1 aliphatic heterocycles. The third-order valence-corrected chi connectivity index (χ3v) is 14.4.